The normalized spacial score (nSPS) is 23.9. The van der Waals surface area contributed by atoms with Crippen molar-refractivity contribution in [1.29, 1.82) is 0 Å². The number of nitrogens with zero attached hydrogens (tertiary/aromatic N) is 4. The summed E-state index contributed by atoms with van der Waals surface area (Å²) in [4.78, 5) is 5.17. The molecule has 1 rings (SSSR count). The Morgan fingerprint density at radius 1 is 1.67 bits per heavy atom. The number of azide groups is 1. The zero-order valence-electron chi connectivity index (χ0n) is 7.61. The van der Waals surface area contributed by atoms with E-state index >= 15 is 0 Å². The van der Waals surface area contributed by atoms with Crippen molar-refractivity contribution >= 4 is 0 Å². The topological polar surface area (TPSA) is 52.0 Å². The second-order valence-electron chi connectivity index (χ2n) is 3.19. The fourth-order valence-electron chi connectivity index (χ4n) is 1.87. The molecule has 1 unspecified atom stereocenters. The quantitative estimate of drug-likeness (QED) is 0.360. The third-order valence-electron chi connectivity index (χ3n) is 2.52. The Bertz CT molecular complexity index is 174. The Kier molecular flexibility index (Phi) is 3.91. The second-order valence-corrected chi connectivity index (χ2v) is 3.19. The van der Waals surface area contributed by atoms with Crippen molar-refractivity contribution in [3.63, 3.8) is 0 Å². The molecule has 12 heavy (non-hydrogen) atoms. The molecule has 1 fully saturated rings. The molecular formula is C8H16N4. The van der Waals surface area contributed by atoms with Gasteiger partial charge in [0.15, 0.2) is 0 Å². The smallest absolute Gasteiger partial charge is 0.0385 e. The maximum Gasteiger partial charge on any atom is 0.0385 e. The van der Waals surface area contributed by atoms with Crippen LogP contribution in [0.3, 0.4) is 0 Å². The van der Waals surface area contributed by atoms with E-state index in [0.29, 0.717) is 6.54 Å². The lowest BCUT2D eigenvalue weighted by molar-refractivity contribution is 0.255. The van der Waals surface area contributed by atoms with Gasteiger partial charge in [-0.25, -0.2) is 0 Å². The van der Waals surface area contributed by atoms with Gasteiger partial charge in [0.05, 0.1) is 0 Å². The fourth-order valence-corrected chi connectivity index (χ4v) is 1.87. The zero-order chi connectivity index (χ0) is 8.81. The Morgan fingerprint density at radius 2 is 2.50 bits per heavy atom. The summed E-state index contributed by atoms with van der Waals surface area (Å²) in [6.45, 7) is 4.95. The SMILES string of the molecule is CCC1CCCN1CCN=[N+]=[N-]. The highest BCUT2D eigenvalue weighted by molar-refractivity contribution is 4.78. The van der Waals surface area contributed by atoms with E-state index in [0.717, 1.165) is 12.6 Å². The van der Waals surface area contributed by atoms with Gasteiger partial charge in [-0.15, -0.1) is 0 Å². The van der Waals surface area contributed by atoms with Gasteiger partial charge in [-0.3, -0.25) is 0 Å². The van der Waals surface area contributed by atoms with Crippen molar-refractivity contribution in [3.8, 4) is 0 Å². The standard InChI is InChI=1S/C8H16N4/c1-2-8-4-3-6-12(8)7-5-10-11-9/h8H,2-7H2,1H3. The maximum atomic E-state index is 8.10. The number of hydrogen-bond donors (Lipinski definition) is 0. The van der Waals surface area contributed by atoms with Crippen molar-refractivity contribution < 1.29 is 0 Å². The molecule has 0 aromatic carbocycles. The van der Waals surface area contributed by atoms with Crippen LogP contribution in [-0.4, -0.2) is 30.6 Å². The third-order valence-corrected chi connectivity index (χ3v) is 2.52. The molecule has 1 heterocycles. The summed E-state index contributed by atoms with van der Waals surface area (Å²) in [6, 6.07) is 0.735. The summed E-state index contributed by atoms with van der Waals surface area (Å²) in [5.74, 6) is 0. The van der Waals surface area contributed by atoms with Gasteiger partial charge in [0, 0.05) is 24.0 Å². The Hall–Kier alpha value is -0.730. The first kappa shape index (κ1) is 9.36. The average molecular weight is 168 g/mol. The number of hydrogen-bond acceptors (Lipinski definition) is 2. The van der Waals surface area contributed by atoms with Crippen LogP contribution in [0, 0.1) is 0 Å². The lowest BCUT2D eigenvalue weighted by atomic mass is 10.2. The van der Waals surface area contributed by atoms with Crippen LogP contribution in [0.15, 0.2) is 5.11 Å². The van der Waals surface area contributed by atoms with Crippen LogP contribution in [0.1, 0.15) is 26.2 Å². The zero-order valence-corrected chi connectivity index (χ0v) is 7.61. The summed E-state index contributed by atoms with van der Waals surface area (Å²) in [5, 5.41) is 3.54. The van der Waals surface area contributed by atoms with Crippen LogP contribution in [0.5, 0.6) is 0 Å². The van der Waals surface area contributed by atoms with E-state index in [4.69, 9.17) is 5.53 Å². The van der Waals surface area contributed by atoms with Gasteiger partial charge >= 0.3 is 0 Å². The van der Waals surface area contributed by atoms with Crippen molar-refractivity contribution in [1.82, 2.24) is 4.90 Å². The van der Waals surface area contributed by atoms with E-state index in [1.165, 1.54) is 25.8 Å². The van der Waals surface area contributed by atoms with Crippen LogP contribution in [-0.2, 0) is 0 Å². The van der Waals surface area contributed by atoms with Crippen molar-refractivity contribution in [2.45, 2.75) is 32.2 Å². The van der Waals surface area contributed by atoms with E-state index in [-0.39, 0.29) is 0 Å². The van der Waals surface area contributed by atoms with Crippen LogP contribution in [0.2, 0.25) is 0 Å². The van der Waals surface area contributed by atoms with Crippen LogP contribution >= 0.6 is 0 Å². The minimum atomic E-state index is 0.618. The van der Waals surface area contributed by atoms with E-state index < -0.39 is 0 Å². The summed E-state index contributed by atoms with van der Waals surface area (Å²) < 4.78 is 0. The minimum absolute atomic E-state index is 0.618. The largest absolute Gasteiger partial charge is 0.300 e. The first-order valence-electron chi connectivity index (χ1n) is 4.63. The highest BCUT2D eigenvalue weighted by Gasteiger charge is 2.21. The summed E-state index contributed by atoms with van der Waals surface area (Å²) in [7, 11) is 0. The summed E-state index contributed by atoms with van der Waals surface area (Å²) in [5.41, 5.74) is 8.10. The van der Waals surface area contributed by atoms with Crippen LogP contribution < -0.4 is 0 Å². The molecule has 1 saturated heterocycles. The van der Waals surface area contributed by atoms with Gasteiger partial charge in [0.25, 0.3) is 0 Å². The fraction of sp³-hybridized carbons (Fsp3) is 1.00. The van der Waals surface area contributed by atoms with E-state index in [2.05, 4.69) is 21.8 Å². The molecule has 0 spiro atoms. The summed E-state index contributed by atoms with van der Waals surface area (Å²) in [6.07, 6.45) is 3.83. The number of rotatable bonds is 4. The molecule has 1 atom stereocenters. The van der Waals surface area contributed by atoms with Crippen molar-refractivity contribution in [2.75, 3.05) is 19.6 Å². The van der Waals surface area contributed by atoms with Crippen LogP contribution in [0.25, 0.3) is 10.4 Å². The van der Waals surface area contributed by atoms with Crippen molar-refractivity contribution in [3.05, 3.63) is 10.4 Å². The highest BCUT2D eigenvalue weighted by atomic mass is 15.2. The summed E-state index contributed by atoms with van der Waals surface area (Å²) >= 11 is 0. The molecular weight excluding hydrogens is 152 g/mol. The first-order chi connectivity index (χ1) is 5.88. The minimum Gasteiger partial charge on any atom is -0.300 e. The molecule has 1 aliphatic heterocycles. The monoisotopic (exact) mass is 168 g/mol. The van der Waals surface area contributed by atoms with E-state index in [1.807, 2.05) is 0 Å². The van der Waals surface area contributed by atoms with Gasteiger partial charge < -0.3 is 4.90 Å². The highest BCUT2D eigenvalue weighted by Crippen LogP contribution is 2.18. The Morgan fingerprint density at radius 3 is 3.17 bits per heavy atom. The Balaban J connectivity index is 2.25. The Labute approximate surface area is 73.2 Å². The molecule has 4 heteroatoms. The van der Waals surface area contributed by atoms with Gasteiger partial charge in [-0.2, -0.15) is 0 Å². The molecule has 0 N–H and O–H groups in total. The van der Waals surface area contributed by atoms with Gasteiger partial charge in [-0.05, 0) is 31.3 Å². The molecule has 0 aromatic heterocycles. The van der Waals surface area contributed by atoms with E-state index in [9.17, 15) is 0 Å². The first-order valence-corrected chi connectivity index (χ1v) is 4.63. The molecule has 0 bridgehead atoms. The number of likely N-dealkylation sites (tertiary alicyclic amines) is 1. The molecule has 0 saturated carbocycles. The molecule has 0 radical (unpaired) electrons. The lowest BCUT2D eigenvalue weighted by Crippen LogP contribution is -2.30. The predicted octanol–water partition coefficient (Wildman–Crippen LogP) is 2.17. The predicted molar refractivity (Wildman–Crippen MR) is 48.9 cm³/mol. The second kappa shape index (κ2) is 5.01. The molecule has 0 amide bonds. The van der Waals surface area contributed by atoms with Gasteiger partial charge in [0.2, 0.25) is 0 Å². The lowest BCUT2D eigenvalue weighted by Gasteiger charge is -2.21. The van der Waals surface area contributed by atoms with Crippen LogP contribution in [0.4, 0.5) is 0 Å². The van der Waals surface area contributed by atoms with Gasteiger partial charge in [0.1, 0.15) is 0 Å². The van der Waals surface area contributed by atoms with Crippen molar-refractivity contribution in [2.24, 2.45) is 5.11 Å². The average Bonchev–Trinajstić information content (AvgIpc) is 2.52. The molecule has 0 aromatic rings. The third kappa shape index (κ3) is 2.40. The van der Waals surface area contributed by atoms with Gasteiger partial charge in [-0.1, -0.05) is 12.0 Å². The molecule has 1 aliphatic rings. The molecule has 68 valence electrons. The van der Waals surface area contributed by atoms with E-state index in [1.54, 1.807) is 0 Å². The molecule has 0 aliphatic carbocycles. The maximum absolute atomic E-state index is 8.10. The molecule has 4 nitrogen and oxygen atoms in total.